The zero-order valence-electron chi connectivity index (χ0n) is 17.3. The van der Waals surface area contributed by atoms with Gasteiger partial charge in [-0.15, -0.1) is 0 Å². The molecule has 2 aromatic rings. The normalized spacial score (nSPS) is 15.9. The molecule has 7 nitrogen and oxygen atoms in total. The minimum Gasteiger partial charge on any atom is -0.325 e. The van der Waals surface area contributed by atoms with Gasteiger partial charge < -0.3 is 10.2 Å². The smallest absolute Gasteiger partial charge is 0.243 e. The molecule has 0 unspecified atom stereocenters. The molecular weight excluding hydrogens is 426 g/mol. The molecule has 1 aliphatic rings. The third kappa shape index (κ3) is 4.21. The lowest BCUT2D eigenvalue weighted by Gasteiger charge is -2.21. The number of likely N-dealkylation sites (N-methyl/N-ethyl adjacent to an activating group) is 1. The first-order valence-corrected chi connectivity index (χ1v) is 11.3. The van der Waals surface area contributed by atoms with Crippen molar-refractivity contribution >= 4 is 44.8 Å². The van der Waals surface area contributed by atoms with Crippen LogP contribution in [0.25, 0.3) is 0 Å². The van der Waals surface area contributed by atoms with Crippen LogP contribution in [0.1, 0.15) is 25.0 Å². The molecule has 0 spiro atoms. The molecule has 0 bridgehead atoms. The molecule has 3 rings (SSSR count). The molecule has 0 aliphatic carbocycles. The van der Waals surface area contributed by atoms with Crippen molar-refractivity contribution in [2.45, 2.75) is 38.1 Å². The summed E-state index contributed by atoms with van der Waals surface area (Å²) < 4.78 is 27.0. The van der Waals surface area contributed by atoms with Gasteiger partial charge in [-0.1, -0.05) is 17.7 Å². The summed E-state index contributed by atoms with van der Waals surface area (Å²) in [5.74, 6) is -0.550. The fourth-order valence-corrected chi connectivity index (χ4v) is 5.00. The molecule has 0 saturated carbocycles. The summed E-state index contributed by atoms with van der Waals surface area (Å²) in [6, 6.07) is 9.80. The summed E-state index contributed by atoms with van der Waals surface area (Å²) in [6.07, 6.45) is 0.580. The highest BCUT2D eigenvalue weighted by Gasteiger charge is 2.31. The molecule has 1 aliphatic heterocycles. The fourth-order valence-electron chi connectivity index (χ4n) is 3.65. The van der Waals surface area contributed by atoms with Crippen LogP contribution in [0.4, 0.5) is 11.4 Å². The third-order valence-electron chi connectivity index (χ3n) is 5.22. The van der Waals surface area contributed by atoms with Crippen molar-refractivity contribution in [2.24, 2.45) is 0 Å². The fraction of sp³-hybridized carbons (Fsp3) is 0.333. The zero-order chi connectivity index (χ0) is 22.2. The maximum atomic E-state index is 13.0. The molecule has 2 amide bonds. The molecule has 1 N–H and O–H groups in total. The lowest BCUT2D eigenvalue weighted by atomic mass is 10.1. The number of fused-ring (bicyclic) bond motifs is 1. The predicted molar refractivity (Wildman–Crippen MR) is 117 cm³/mol. The number of sulfonamides is 1. The van der Waals surface area contributed by atoms with Gasteiger partial charge in [0.15, 0.2) is 0 Å². The van der Waals surface area contributed by atoms with E-state index in [1.807, 2.05) is 6.92 Å². The average molecular weight is 450 g/mol. The number of carbonyl (C=O) groups excluding carboxylic acids is 2. The number of carbonyl (C=O) groups is 2. The van der Waals surface area contributed by atoms with E-state index in [0.29, 0.717) is 22.7 Å². The first-order valence-electron chi connectivity index (χ1n) is 9.46. The van der Waals surface area contributed by atoms with Crippen LogP contribution in [0.15, 0.2) is 41.3 Å². The number of amides is 2. The first kappa shape index (κ1) is 22.3. The highest BCUT2D eigenvalue weighted by Crippen LogP contribution is 2.34. The third-order valence-corrected chi connectivity index (χ3v) is 7.43. The van der Waals surface area contributed by atoms with Crippen molar-refractivity contribution in [2.75, 3.05) is 23.8 Å². The van der Waals surface area contributed by atoms with E-state index in [2.05, 4.69) is 5.32 Å². The second-order valence-electron chi connectivity index (χ2n) is 7.45. The Morgan fingerprint density at radius 2 is 1.97 bits per heavy atom. The second kappa shape index (κ2) is 8.37. The number of benzene rings is 2. The van der Waals surface area contributed by atoms with Gasteiger partial charge in [0.1, 0.15) is 0 Å². The molecular formula is C21H24ClN3O4S. The summed E-state index contributed by atoms with van der Waals surface area (Å²) in [5.41, 5.74) is 2.77. The highest BCUT2D eigenvalue weighted by molar-refractivity contribution is 7.89. The monoisotopic (exact) mass is 449 g/mol. The summed E-state index contributed by atoms with van der Waals surface area (Å²) in [4.78, 5) is 26.0. The molecule has 1 atom stereocenters. The molecule has 1 heterocycles. The summed E-state index contributed by atoms with van der Waals surface area (Å²) in [5, 5.41) is 3.21. The van der Waals surface area contributed by atoms with Crippen molar-refractivity contribution in [3.63, 3.8) is 0 Å². The molecule has 0 aromatic heterocycles. The van der Waals surface area contributed by atoms with Gasteiger partial charge in [0.05, 0.1) is 11.4 Å². The Morgan fingerprint density at radius 3 is 2.63 bits per heavy atom. The lowest BCUT2D eigenvalue weighted by Crippen LogP contribution is -2.35. The Kier molecular flexibility index (Phi) is 6.21. The Labute approximate surface area is 181 Å². The Morgan fingerprint density at radius 1 is 1.27 bits per heavy atom. The Bertz CT molecular complexity index is 1120. The standard InChI is InChI=1S/C21H24ClN3O4S/c1-13-10-16-11-17(8-9-20(16)25(13)15(3)26)30(28,29)24(4)12-21(27)23-19-7-5-6-18(22)14(19)2/h5-9,11,13H,10,12H2,1-4H3,(H,23,27)/t13-/m1/s1. The quantitative estimate of drug-likeness (QED) is 0.759. The number of hydrogen-bond donors (Lipinski definition) is 1. The van der Waals surface area contributed by atoms with E-state index in [-0.39, 0.29) is 23.4 Å². The SMILES string of the molecule is CC(=O)N1c2ccc(S(=O)(=O)N(C)CC(=O)Nc3cccc(Cl)c3C)cc2C[C@H]1C. The van der Waals surface area contributed by atoms with Gasteiger partial charge in [0, 0.05) is 36.4 Å². The molecule has 160 valence electrons. The summed E-state index contributed by atoms with van der Waals surface area (Å²) in [6.45, 7) is 4.84. The average Bonchev–Trinajstić information content (AvgIpc) is 3.00. The highest BCUT2D eigenvalue weighted by atomic mass is 35.5. The van der Waals surface area contributed by atoms with E-state index >= 15 is 0 Å². The molecule has 0 fully saturated rings. The molecule has 9 heteroatoms. The van der Waals surface area contributed by atoms with Gasteiger partial charge in [-0.05, 0) is 61.7 Å². The number of rotatable bonds is 5. The predicted octanol–water partition coefficient (Wildman–Crippen LogP) is 3.21. The van der Waals surface area contributed by atoms with Crippen molar-refractivity contribution in [1.82, 2.24) is 4.31 Å². The number of anilines is 2. The van der Waals surface area contributed by atoms with Gasteiger partial charge in [-0.2, -0.15) is 4.31 Å². The number of nitrogens with one attached hydrogen (secondary N) is 1. The van der Waals surface area contributed by atoms with Crippen LogP contribution in [0.2, 0.25) is 5.02 Å². The van der Waals surface area contributed by atoms with Gasteiger partial charge >= 0.3 is 0 Å². The van der Waals surface area contributed by atoms with Gasteiger partial charge in [-0.3, -0.25) is 9.59 Å². The van der Waals surface area contributed by atoms with Crippen LogP contribution in [-0.2, 0) is 26.0 Å². The molecule has 0 radical (unpaired) electrons. The van der Waals surface area contributed by atoms with E-state index in [1.165, 1.54) is 20.0 Å². The van der Waals surface area contributed by atoms with Crippen LogP contribution < -0.4 is 10.2 Å². The summed E-state index contributed by atoms with van der Waals surface area (Å²) in [7, 11) is -2.52. The van der Waals surface area contributed by atoms with E-state index in [4.69, 9.17) is 11.6 Å². The minimum absolute atomic E-state index is 0.0279. The topological polar surface area (TPSA) is 86.8 Å². The van der Waals surface area contributed by atoms with E-state index in [0.717, 1.165) is 15.6 Å². The maximum Gasteiger partial charge on any atom is 0.243 e. The van der Waals surface area contributed by atoms with Crippen LogP contribution in [0, 0.1) is 6.92 Å². The van der Waals surface area contributed by atoms with Crippen LogP contribution in [-0.4, -0.2) is 44.2 Å². The lowest BCUT2D eigenvalue weighted by molar-refractivity contribution is -0.117. The summed E-state index contributed by atoms with van der Waals surface area (Å²) >= 11 is 6.06. The molecule has 2 aromatic carbocycles. The van der Waals surface area contributed by atoms with Crippen molar-refractivity contribution in [3.05, 3.63) is 52.5 Å². The Hall–Kier alpha value is -2.42. The first-order chi connectivity index (χ1) is 14.0. The van der Waals surface area contributed by atoms with E-state index in [9.17, 15) is 18.0 Å². The van der Waals surface area contributed by atoms with E-state index in [1.54, 1.807) is 42.2 Å². The molecule has 0 saturated heterocycles. The van der Waals surface area contributed by atoms with Crippen LogP contribution in [0.3, 0.4) is 0 Å². The van der Waals surface area contributed by atoms with Gasteiger partial charge in [-0.25, -0.2) is 8.42 Å². The molecule has 30 heavy (non-hydrogen) atoms. The van der Waals surface area contributed by atoms with Crippen molar-refractivity contribution in [1.29, 1.82) is 0 Å². The number of hydrogen-bond acceptors (Lipinski definition) is 4. The zero-order valence-corrected chi connectivity index (χ0v) is 18.8. The minimum atomic E-state index is -3.88. The largest absolute Gasteiger partial charge is 0.325 e. The van der Waals surface area contributed by atoms with E-state index < -0.39 is 15.9 Å². The van der Waals surface area contributed by atoms with Gasteiger partial charge in [0.25, 0.3) is 0 Å². The number of halogens is 1. The second-order valence-corrected chi connectivity index (χ2v) is 9.91. The number of nitrogens with zero attached hydrogens (tertiary/aromatic N) is 2. The van der Waals surface area contributed by atoms with Crippen LogP contribution in [0.5, 0.6) is 0 Å². The van der Waals surface area contributed by atoms with Gasteiger partial charge in [0.2, 0.25) is 21.8 Å². The maximum absolute atomic E-state index is 13.0. The Balaban J connectivity index is 1.77. The van der Waals surface area contributed by atoms with Crippen LogP contribution >= 0.6 is 11.6 Å². The van der Waals surface area contributed by atoms with Crippen molar-refractivity contribution in [3.8, 4) is 0 Å². The van der Waals surface area contributed by atoms with Crippen molar-refractivity contribution < 1.29 is 18.0 Å².